The number of nitrogens with one attached hydrogen (secondary N) is 1. The first-order valence-electron chi connectivity index (χ1n) is 8.22. The second-order valence-corrected chi connectivity index (χ2v) is 7.04. The molecular weight excluding hydrogens is 322 g/mol. The summed E-state index contributed by atoms with van der Waals surface area (Å²) in [4.78, 5) is 25.4. The van der Waals surface area contributed by atoms with Crippen LogP contribution >= 0.6 is 11.3 Å². The van der Waals surface area contributed by atoms with Crippen LogP contribution in [0.25, 0.3) is 0 Å². The van der Waals surface area contributed by atoms with Crippen molar-refractivity contribution in [3.63, 3.8) is 0 Å². The zero-order valence-corrected chi connectivity index (χ0v) is 14.9. The predicted octanol–water partition coefficient (Wildman–Crippen LogP) is 3.04. The number of thiazole rings is 1. The van der Waals surface area contributed by atoms with Crippen molar-refractivity contribution in [1.29, 1.82) is 0 Å². The van der Waals surface area contributed by atoms with Gasteiger partial charge in [0.2, 0.25) is 0 Å². The molecule has 3 heterocycles. The molecule has 0 unspecified atom stereocenters. The van der Waals surface area contributed by atoms with Gasteiger partial charge in [0.1, 0.15) is 10.8 Å². The highest BCUT2D eigenvalue weighted by molar-refractivity contribution is 7.09. The molecule has 0 aliphatic carbocycles. The lowest BCUT2D eigenvalue weighted by molar-refractivity contribution is 0.151. The molecule has 1 saturated heterocycles. The van der Waals surface area contributed by atoms with Gasteiger partial charge in [0.05, 0.1) is 6.04 Å². The number of pyridine rings is 1. The van der Waals surface area contributed by atoms with Gasteiger partial charge in [0, 0.05) is 50.5 Å². The van der Waals surface area contributed by atoms with Gasteiger partial charge >= 0.3 is 6.03 Å². The normalized spacial score (nSPS) is 17.6. The smallest absolute Gasteiger partial charge is 0.318 e. The molecule has 1 N–H and O–H groups in total. The van der Waals surface area contributed by atoms with Crippen LogP contribution in [-0.4, -0.2) is 41.5 Å². The van der Waals surface area contributed by atoms with Crippen molar-refractivity contribution in [2.45, 2.75) is 31.8 Å². The molecule has 1 aliphatic heterocycles. The summed E-state index contributed by atoms with van der Waals surface area (Å²) in [7, 11) is 3.91. The van der Waals surface area contributed by atoms with E-state index in [2.05, 4.69) is 15.3 Å². The summed E-state index contributed by atoms with van der Waals surface area (Å²) < 4.78 is 0. The molecule has 0 aromatic carbocycles. The van der Waals surface area contributed by atoms with Gasteiger partial charge in [-0.1, -0.05) is 6.07 Å². The number of rotatable bonds is 4. The van der Waals surface area contributed by atoms with E-state index in [-0.39, 0.29) is 12.1 Å². The summed E-state index contributed by atoms with van der Waals surface area (Å²) in [5, 5.41) is 6.05. The Morgan fingerprint density at radius 3 is 3.00 bits per heavy atom. The van der Waals surface area contributed by atoms with Crippen molar-refractivity contribution in [3.8, 4) is 0 Å². The number of aromatic nitrogens is 2. The van der Waals surface area contributed by atoms with Gasteiger partial charge in [0.15, 0.2) is 0 Å². The lowest BCUT2D eigenvalue weighted by Crippen LogP contribution is -2.44. The van der Waals surface area contributed by atoms with E-state index in [1.807, 2.05) is 47.6 Å². The summed E-state index contributed by atoms with van der Waals surface area (Å²) in [6.45, 7) is 1.25. The van der Waals surface area contributed by atoms with Gasteiger partial charge in [-0.05, 0) is 25.3 Å². The third kappa shape index (κ3) is 3.67. The number of hydrogen-bond acceptors (Lipinski definition) is 5. The van der Waals surface area contributed by atoms with Gasteiger partial charge in [-0.15, -0.1) is 11.3 Å². The lowest BCUT2D eigenvalue weighted by atomic mass is 10.0. The molecule has 2 aromatic heterocycles. The van der Waals surface area contributed by atoms with Crippen LogP contribution < -0.4 is 10.2 Å². The number of carbonyl (C=O) groups is 1. The first-order chi connectivity index (χ1) is 11.7. The second kappa shape index (κ2) is 7.61. The van der Waals surface area contributed by atoms with Crippen molar-refractivity contribution in [1.82, 2.24) is 20.2 Å². The monoisotopic (exact) mass is 345 g/mol. The molecular formula is C17H23N5OS. The van der Waals surface area contributed by atoms with Crippen molar-refractivity contribution >= 4 is 23.2 Å². The molecule has 1 fully saturated rings. The van der Waals surface area contributed by atoms with Gasteiger partial charge in [-0.3, -0.25) is 0 Å². The molecule has 2 amide bonds. The van der Waals surface area contributed by atoms with Crippen LogP contribution in [0.15, 0.2) is 29.9 Å². The quantitative estimate of drug-likeness (QED) is 0.925. The fourth-order valence-corrected chi connectivity index (χ4v) is 3.86. The molecule has 0 radical (unpaired) electrons. The first-order valence-corrected chi connectivity index (χ1v) is 9.10. The maximum atomic E-state index is 12.7. The highest BCUT2D eigenvalue weighted by Crippen LogP contribution is 2.32. The number of amides is 2. The summed E-state index contributed by atoms with van der Waals surface area (Å²) in [6.07, 6.45) is 6.75. The Morgan fingerprint density at radius 2 is 2.25 bits per heavy atom. The minimum Gasteiger partial charge on any atom is -0.362 e. The Bertz CT molecular complexity index is 673. The highest BCUT2D eigenvalue weighted by Gasteiger charge is 2.29. The second-order valence-electron chi connectivity index (χ2n) is 6.11. The van der Waals surface area contributed by atoms with Crippen LogP contribution in [0.2, 0.25) is 0 Å². The van der Waals surface area contributed by atoms with Crippen LogP contribution in [0.1, 0.15) is 35.9 Å². The minimum atomic E-state index is -0.0246. The number of carbonyl (C=O) groups excluding carboxylic acids is 1. The molecule has 1 aliphatic rings. The maximum absolute atomic E-state index is 12.7. The Hall–Kier alpha value is -2.15. The van der Waals surface area contributed by atoms with E-state index in [1.165, 1.54) is 0 Å². The molecule has 7 heteroatoms. The number of urea groups is 1. The summed E-state index contributed by atoms with van der Waals surface area (Å²) in [5.41, 5.74) is 1.01. The van der Waals surface area contributed by atoms with Gasteiger partial charge in [-0.2, -0.15) is 0 Å². The third-order valence-corrected chi connectivity index (χ3v) is 5.10. The Labute approximate surface area is 146 Å². The van der Waals surface area contributed by atoms with Gasteiger partial charge < -0.3 is 15.1 Å². The number of likely N-dealkylation sites (tertiary alicyclic amines) is 1. The van der Waals surface area contributed by atoms with E-state index >= 15 is 0 Å². The fourth-order valence-electron chi connectivity index (χ4n) is 3.07. The van der Waals surface area contributed by atoms with Crippen molar-refractivity contribution in [2.24, 2.45) is 0 Å². The number of anilines is 1. The topological polar surface area (TPSA) is 61.4 Å². The molecule has 0 spiro atoms. The highest BCUT2D eigenvalue weighted by atomic mass is 32.1. The molecule has 24 heavy (non-hydrogen) atoms. The van der Waals surface area contributed by atoms with E-state index in [0.29, 0.717) is 6.54 Å². The molecule has 1 atom stereocenters. The largest absolute Gasteiger partial charge is 0.362 e. The van der Waals surface area contributed by atoms with E-state index in [1.54, 1.807) is 17.5 Å². The van der Waals surface area contributed by atoms with E-state index < -0.39 is 0 Å². The molecule has 128 valence electrons. The Balaban J connectivity index is 1.68. The van der Waals surface area contributed by atoms with Crippen LogP contribution in [0, 0.1) is 0 Å². The maximum Gasteiger partial charge on any atom is 0.318 e. The molecule has 0 saturated carbocycles. The molecule has 0 bridgehead atoms. The van der Waals surface area contributed by atoms with E-state index in [9.17, 15) is 4.79 Å². The summed E-state index contributed by atoms with van der Waals surface area (Å²) >= 11 is 1.62. The van der Waals surface area contributed by atoms with Crippen LogP contribution in [0.5, 0.6) is 0 Å². The lowest BCUT2D eigenvalue weighted by Gasteiger charge is -2.34. The number of piperidine rings is 1. The van der Waals surface area contributed by atoms with Gasteiger partial charge in [-0.25, -0.2) is 14.8 Å². The zero-order chi connectivity index (χ0) is 16.9. The minimum absolute atomic E-state index is 0.0246. The Morgan fingerprint density at radius 1 is 1.38 bits per heavy atom. The zero-order valence-electron chi connectivity index (χ0n) is 14.1. The standard InChI is InChI=1S/C17H23N5OS/c1-21(2)15-13(6-5-8-18-15)12-20-17(23)22-10-4-3-7-14(22)16-19-9-11-24-16/h5-6,8-9,11,14H,3-4,7,10,12H2,1-2H3,(H,20,23)/t14-/m0/s1. The van der Waals surface area contributed by atoms with Crippen LogP contribution in [-0.2, 0) is 6.54 Å². The summed E-state index contributed by atoms with van der Waals surface area (Å²) in [5.74, 6) is 0.882. The number of hydrogen-bond donors (Lipinski definition) is 1. The van der Waals surface area contributed by atoms with Crippen molar-refractivity contribution in [2.75, 3.05) is 25.5 Å². The van der Waals surface area contributed by atoms with Crippen molar-refractivity contribution in [3.05, 3.63) is 40.5 Å². The fraction of sp³-hybridized carbons (Fsp3) is 0.471. The average molecular weight is 345 g/mol. The van der Waals surface area contributed by atoms with Crippen LogP contribution in [0.4, 0.5) is 10.6 Å². The summed E-state index contributed by atoms with van der Waals surface area (Å²) in [6, 6.07) is 3.97. The third-order valence-electron chi connectivity index (χ3n) is 4.22. The average Bonchev–Trinajstić information content (AvgIpc) is 3.14. The van der Waals surface area contributed by atoms with Crippen molar-refractivity contribution < 1.29 is 4.79 Å². The van der Waals surface area contributed by atoms with E-state index in [0.717, 1.165) is 42.2 Å². The molecule has 6 nitrogen and oxygen atoms in total. The van der Waals surface area contributed by atoms with Gasteiger partial charge in [0.25, 0.3) is 0 Å². The SMILES string of the molecule is CN(C)c1ncccc1CNC(=O)N1CCCC[C@H]1c1nccs1. The Kier molecular flexibility index (Phi) is 5.30. The number of nitrogens with zero attached hydrogens (tertiary/aromatic N) is 4. The molecule has 3 rings (SSSR count). The van der Waals surface area contributed by atoms with E-state index in [4.69, 9.17) is 0 Å². The first kappa shape index (κ1) is 16.7. The molecule has 2 aromatic rings. The predicted molar refractivity (Wildman–Crippen MR) is 96.2 cm³/mol. The van der Waals surface area contributed by atoms with Crippen LogP contribution in [0.3, 0.4) is 0 Å².